The number of nitrogens with one attached hydrogen (secondary N) is 1. The lowest BCUT2D eigenvalue weighted by molar-refractivity contribution is -0.113. The van der Waals surface area contributed by atoms with Gasteiger partial charge in [-0.1, -0.05) is 42.1 Å². The van der Waals surface area contributed by atoms with Gasteiger partial charge in [-0.3, -0.25) is 4.79 Å². The smallest absolute Gasteiger partial charge is 0.234 e. The molecule has 1 saturated heterocycles. The van der Waals surface area contributed by atoms with Crippen molar-refractivity contribution in [2.24, 2.45) is 0 Å². The molecule has 2 aromatic heterocycles. The van der Waals surface area contributed by atoms with Crippen molar-refractivity contribution in [3.8, 4) is 0 Å². The maximum absolute atomic E-state index is 12.4. The van der Waals surface area contributed by atoms with E-state index in [1.165, 1.54) is 11.8 Å². The van der Waals surface area contributed by atoms with Crippen LogP contribution in [0.25, 0.3) is 0 Å². The molecule has 156 valence electrons. The summed E-state index contributed by atoms with van der Waals surface area (Å²) in [5.41, 5.74) is 1.85. The van der Waals surface area contributed by atoms with Gasteiger partial charge in [0, 0.05) is 13.1 Å². The Bertz CT molecular complexity index is 971. The molecule has 0 unspecified atom stereocenters. The summed E-state index contributed by atoms with van der Waals surface area (Å²) in [6.45, 7) is 5.69. The lowest BCUT2D eigenvalue weighted by atomic mass is 10.2. The van der Waals surface area contributed by atoms with Crippen LogP contribution in [0.4, 0.5) is 11.5 Å². The van der Waals surface area contributed by atoms with Gasteiger partial charge in [-0.2, -0.15) is 0 Å². The van der Waals surface area contributed by atoms with Crippen LogP contribution in [-0.2, 0) is 16.1 Å². The largest absolute Gasteiger partial charge is 0.378 e. The Hall–Kier alpha value is -2.91. The fraction of sp³-hybridized carbons (Fsp3) is 0.333. The SMILES string of the molecule is Cc1nnc(SCC(=O)Nc2ccc(N3CCOCC3)nc2)n1Cc1ccccc1. The molecule has 0 spiro atoms. The van der Waals surface area contributed by atoms with Crippen LogP contribution in [0.15, 0.2) is 53.8 Å². The third-order valence-electron chi connectivity index (χ3n) is 4.78. The molecule has 4 rings (SSSR count). The first-order valence-electron chi connectivity index (χ1n) is 9.84. The minimum atomic E-state index is -0.104. The molecule has 1 aliphatic heterocycles. The Labute approximate surface area is 179 Å². The molecule has 1 N–H and O–H groups in total. The number of pyridine rings is 1. The molecule has 30 heavy (non-hydrogen) atoms. The summed E-state index contributed by atoms with van der Waals surface area (Å²) in [5.74, 6) is 1.87. The van der Waals surface area contributed by atoms with E-state index in [4.69, 9.17) is 4.74 Å². The predicted molar refractivity (Wildman–Crippen MR) is 117 cm³/mol. The number of carbonyl (C=O) groups excluding carboxylic acids is 1. The molecule has 1 aromatic carbocycles. The molecule has 0 atom stereocenters. The maximum atomic E-state index is 12.4. The van der Waals surface area contributed by atoms with E-state index in [1.54, 1.807) is 6.20 Å². The molecular weight excluding hydrogens is 400 g/mol. The zero-order valence-corrected chi connectivity index (χ0v) is 17.6. The summed E-state index contributed by atoms with van der Waals surface area (Å²) in [6.07, 6.45) is 1.69. The predicted octanol–water partition coefficient (Wildman–Crippen LogP) is 2.60. The van der Waals surface area contributed by atoms with Gasteiger partial charge in [0.25, 0.3) is 0 Å². The number of amides is 1. The van der Waals surface area contributed by atoms with Crippen molar-refractivity contribution >= 4 is 29.2 Å². The molecule has 0 radical (unpaired) electrons. The second kappa shape index (κ2) is 9.73. The normalized spacial score (nSPS) is 14.0. The second-order valence-corrected chi connectivity index (χ2v) is 7.89. The van der Waals surface area contributed by atoms with Crippen molar-refractivity contribution < 1.29 is 9.53 Å². The minimum absolute atomic E-state index is 0.104. The molecule has 0 aliphatic carbocycles. The van der Waals surface area contributed by atoms with E-state index < -0.39 is 0 Å². The van der Waals surface area contributed by atoms with Crippen LogP contribution in [-0.4, -0.2) is 57.7 Å². The molecule has 3 heterocycles. The van der Waals surface area contributed by atoms with E-state index >= 15 is 0 Å². The Balaban J connectivity index is 1.32. The van der Waals surface area contributed by atoms with Gasteiger partial charge in [0.1, 0.15) is 11.6 Å². The zero-order chi connectivity index (χ0) is 20.8. The van der Waals surface area contributed by atoms with Crippen molar-refractivity contribution in [2.45, 2.75) is 18.6 Å². The molecule has 1 aliphatic rings. The Morgan fingerprint density at radius 3 is 2.67 bits per heavy atom. The number of morpholine rings is 1. The van der Waals surface area contributed by atoms with Crippen molar-refractivity contribution in [1.82, 2.24) is 19.7 Å². The number of nitrogens with zero attached hydrogens (tertiary/aromatic N) is 5. The van der Waals surface area contributed by atoms with Gasteiger partial charge in [0.15, 0.2) is 5.16 Å². The van der Waals surface area contributed by atoms with Crippen LogP contribution < -0.4 is 10.2 Å². The first kappa shape index (κ1) is 20.4. The Morgan fingerprint density at radius 2 is 1.93 bits per heavy atom. The van der Waals surface area contributed by atoms with E-state index in [9.17, 15) is 4.79 Å². The maximum Gasteiger partial charge on any atom is 0.234 e. The molecule has 0 bridgehead atoms. The summed E-state index contributed by atoms with van der Waals surface area (Å²) in [5, 5.41) is 12.0. The fourth-order valence-corrected chi connectivity index (χ4v) is 3.97. The number of hydrogen-bond acceptors (Lipinski definition) is 7. The first-order valence-corrected chi connectivity index (χ1v) is 10.8. The van der Waals surface area contributed by atoms with Gasteiger partial charge >= 0.3 is 0 Å². The number of aryl methyl sites for hydroxylation is 1. The van der Waals surface area contributed by atoms with Crippen molar-refractivity contribution in [2.75, 3.05) is 42.3 Å². The summed E-state index contributed by atoms with van der Waals surface area (Å²) >= 11 is 1.38. The first-order chi connectivity index (χ1) is 14.7. The van der Waals surface area contributed by atoms with Crippen molar-refractivity contribution in [3.05, 3.63) is 60.0 Å². The van der Waals surface area contributed by atoms with Gasteiger partial charge in [-0.05, 0) is 24.6 Å². The van der Waals surface area contributed by atoms with E-state index in [-0.39, 0.29) is 11.7 Å². The highest BCUT2D eigenvalue weighted by Gasteiger charge is 2.14. The van der Waals surface area contributed by atoms with Gasteiger partial charge in [0.05, 0.1) is 37.4 Å². The van der Waals surface area contributed by atoms with E-state index in [0.717, 1.165) is 35.5 Å². The average molecular weight is 425 g/mol. The molecule has 1 amide bonds. The minimum Gasteiger partial charge on any atom is -0.378 e. The number of ether oxygens (including phenoxy) is 1. The lowest BCUT2D eigenvalue weighted by Crippen LogP contribution is -2.36. The van der Waals surface area contributed by atoms with Gasteiger partial charge in [-0.15, -0.1) is 10.2 Å². The number of hydrogen-bond donors (Lipinski definition) is 1. The topological polar surface area (TPSA) is 85.2 Å². The van der Waals surface area contributed by atoms with Gasteiger partial charge in [-0.25, -0.2) is 4.98 Å². The zero-order valence-electron chi connectivity index (χ0n) is 16.8. The number of rotatable bonds is 7. The molecule has 8 nitrogen and oxygen atoms in total. The molecular formula is C21H24N6O2S. The van der Waals surface area contributed by atoms with Crippen molar-refractivity contribution in [3.63, 3.8) is 0 Å². The number of benzene rings is 1. The summed E-state index contributed by atoms with van der Waals surface area (Å²) in [7, 11) is 0. The van der Waals surface area contributed by atoms with E-state index in [0.29, 0.717) is 25.4 Å². The fourth-order valence-electron chi connectivity index (χ4n) is 3.18. The summed E-state index contributed by atoms with van der Waals surface area (Å²) in [6, 6.07) is 13.9. The molecule has 3 aromatic rings. The molecule has 9 heteroatoms. The summed E-state index contributed by atoms with van der Waals surface area (Å²) < 4.78 is 7.38. The number of aromatic nitrogens is 4. The van der Waals surface area contributed by atoms with E-state index in [2.05, 4.69) is 37.5 Å². The van der Waals surface area contributed by atoms with Crippen LogP contribution in [0.5, 0.6) is 0 Å². The van der Waals surface area contributed by atoms with Crippen LogP contribution in [0.2, 0.25) is 0 Å². The molecule has 1 fully saturated rings. The highest BCUT2D eigenvalue weighted by Crippen LogP contribution is 2.20. The Morgan fingerprint density at radius 1 is 1.13 bits per heavy atom. The molecule has 0 saturated carbocycles. The Kier molecular flexibility index (Phi) is 6.60. The van der Waals surface area contributed by atoms with Crippen LogP contribution in [0.3, 0.4) is 0 Å². The summed E-state index contributed by atoms with van der Waals surface area (Å²) in [4.78, 5) is 19.0. The third kappa shape index (κ3) is 5.17. The number of anilines is 2. The second-order valence-electron chi connectivity index (χ2n) is 6.94. The van der Waals surface area contributed by atoms with Gasteiger partial charge in [0.2, 0.25) is 5.91 Å². The highest BCUT2D eigenvalue weighted by atomic mass is 32.2. The monoisotopic (exact) mass is 424 g/mol. The van der Waals surface area contributed by atoms with Crippen LogP contribution >= 0.6 is 11.8 Å². The third-order valence-corrected chi connectivity index (χ3v) is 5.75. The standard InChI is InChI=1S/C21H24N6O2S/c1-16-24-25-21(27(16)14-17-5-3-2-4-6-17)30-15-20(28)23-18-7-8-19(22-13-18)26-9-11-29-12-10-26/h2-8,13H,9-12,14-15H2,1H3,(H,23,28). The number of thioether (sulfide) groups is 1. The van der Waals surface area contributed by atoms with Crippen LogP contribution in [0, 0.1) is 6.92 Å². The van der Waals surface area contributed by atoms with E-state index in [1.807, 2.05) is 41.8 Å². The van der Waals surface area contributed by atoms with Crippen LogP contribution in [0.1, 0.15) is 11.4 Å². The van der Waals surface area contributed by atoms with Gasteiger partial charge < -0.3 is 19.5 Å². The van der Waals surface area contributed by atoms with Crippen molar-refractivity contribution in [1.29, 1.82) is 0 Å². The lowest BCUT2D eigenvalue weighted by Gasteiger charge is -2.27. The highest BCUT2D eigenvalue weighted by molar-refractivity contribution is 7.99. The number of carbonyl (C=O) groups is 1. The average Bonchev–Trinajstić information content (AvgIpc) is 3.13. The quantitative estimate of drug-likeness (QED) is 0.584.